The van der Waals surface area contributed by atoms with E-state index in [1.165, 1.54) is 0 Å². The zero-order valence-electron chi connectivity index (χ0n) is 24.5. The van der Waals surface area contributed by atoms with E-state index in [1.54, 1.807) is 37.2 Å². The van der Waals surface area contributed by atoms with Crippen molar-refractivity contribution in [3.05, 3.63) is 170 Å². The highest BCUT2D eigenvalue weighted by Gasteiger charge is 2.41. The number of nitrogen functional groups attached to an aromatic ring is 2. The fraction of sp³-hybridized carbons (Fsp3) is 0.0625. The molecule has 0 saturated carbocycles. The molecular weight excluding hydrogens is 580 g/mol. The first-order valence-corrected chi connectivity index (χ1v) is 14.4. The first-order valence-electron chi connectivity index (χ1n) is 14.4. The summed E-state index contributed by atoms with van der Waals surface area (Å²) in [5.74, 6) is -1.77. The van der Waals surface area contributed by atoms with Crippen molar-refractivity contribution in [3.63, 3.8) is 0 Å². The van der Waals surface area contributed by atoms with Crippen LogP contribution in [0.1, 0.15) is 11.1 Å². The largest absolute Gasteiger partial charge is 0.399 e. The lowest BCUT2D eigenvalue weighted by Gasteiger charge is -2.35. The average molecular weight is 611 g/mol. The van der Waals surface area contributed by atoms with Gasteiger partial charge in [-0.05, 0) is 60.7 Å². The van der Waals surface area contributed by atoms with Crippen LogP contribution in [0.3, 0.4) is 0 Å². The molecule has 4 N–H and O–H groups in total. The molecule has 0 aliphatic rings. The fourth-order valence-corrected chi connectivity index (χ4v) is 5.56. The van der Waals surface area contributed by atoms with Gasteiger partial charge in [-0.3, -0.25) is 0 Å². The number of benzene rings is 2. The standard InChI is InChI=1S/2C16H15N7/c2*17-15-6-4-14(5-7-15)16(21-11-1-8-18-21,22-12-2-9-19-22)23-13-3-10-20-23/h2*1-13H,17H2. The third-order valence-electron chi connectivity index (χ3n) is 7.54. The van der Waals surface area contributed by atoms with Crippen LogP contribution in [0, 0.1) is 0 Å². The Bertz CT molecular complexity index is 1700. The molecule has 0 unspecified atom stereocenters. The summed E-state index contributed by atoms with van der Waals surface area (Å²) in [6.07, 6.45) is 21.7. The van der Waals surface area contributed by atoms with Gasteiger partial charge in [0.1, 0.15) is 0 Å². The minimum absolute atomic E-state index is 0.698. The van der Waals surface area contributed by atoms with E-state index in [0.717, 1.165) is 11.1 Å². The quantitative estimate of drug-likeness (QED) is 0.248. The van der Waals surface area contributed by atoms with Gasteiger partial charge >= 0.3 is 0 Å². The monoisotopic (exact) mass is 610 g/mol. The number of nitrogens with zero attached hydrogens (tertiary/aromatic N) is 12. The molecule has 0 aliphatic carbocycles. The maximum atomic E-state index is 5.86. The van der Waals surface area contributed by atoms with Gasteiger partial charge in [-0.25, -0.2) is 28.1 Å². The molecule has 8 aromatic rings. The summed E-state index contributed by atoms with van der Waals surface area (Å²) in [6.45, 7) is 0. The highest BCUT2D eigenvalue weighted by atomic mass is 15.6. The summed E-state index contributed by atoms with van der Waals surface area (Å²) >= 11 is 0. The van der Waals surface area contributed by atoms with Crippen LogP contribution in [0.15, 0.2) is 159 Å². The summed E-state index contributed by atoms with van der Waals surface area (Å²) < 4.78 is 10.9. The first kappa shape index (κ1) is 28.1. The molecule has 8 rings (SSSR count). The summed E-state index contributed by atoms with van der Waals surface area (Å²) in [6, 6.07) is 26.5. The van der Waals surface area contributed by atoms with Crippen LogP contribution in [0.4, 0.5) is 11.4 Å². The first-order chi connectivity index (χ1) is 22.6. The molecule has 14 nitrogen and oxygen atoms in total. The second-order valence-corrected chi connectivity index (χ2v) is 10.2. The highest BCUT2D eigenvalue weighted by molar-refractivity contribution is 5.42. The van der Waals surface area contributed by atoms with Crippen molar-refractivity contribution in [2.75, 3.05) is 11.5 Å². The summed E-state index contributed by atoms with van der Waals surface area (Å²) in [7, 11) is 0. The van der Waals surface area contributed by atoms with Gasteiger partial charge in [0, 0.05) is 96.9 Å². The van der Waals surface area contributed by atoms with E-state index in [1.807, 2.05) is 150 Å². The molecule has 0 amide bonds. The molecule has 0 radical (unpaired) electrons. The predicted molar refractivity (Wildman–Crippen MR) is 171 cm³/mol. The Morgan fingerprint density at radius 3 is 0.739 bits per heavy atom. The lowest BCUT2D eigenvalue weighted by molar-refractivity contribution is 0.169. The number of anilines is 2. The third-order valence-corrected chi connectivity index (χ3v) is 7.54. The van der Waals surface area contributed by atoms with Crippen molar-refractivity contribution in [1.82, 2.24) is 58.7 Å². The van der Waals surface area contributed by atoms with Gasteiger partial charge in [0.25, 0.3) is 11.6 Å². The fourth-order valence-electron chi connectivity index (χ4n) is 5.56. The molecule has 0 bridgehead atoms. The number of hydrogen-bond acceptors (Lipinski definition) is 8. The summed E-state index contributed by atoms with van der Waals surface area (Å²) in [5, 5.41) is 26.8. The van der Waals surface area contributed by atoms with Crippen LogP contribution in [0.5, 0.6) is 0 Å². The van der Waals surface area contributed by atoms with E-state index >= 15 is 0 Å². The maximum Gasteiger partial charge on any atom is 0.276 e. The molecule has 0 spiro atoms. The van der Waals surface area contributed by atoms with Gasteiger partial charge in [0.15, 0.2) is 0 Å². The van der Waals surface area contributed by atoms with Crippen molar-refractivity contribution >= 4 is 11.4 Å². The highest BCUT2D eigenvalue weighted by Crippen LogP contribution is 2.31. The van der Waals surface area contributed by atoms with Crippen molar-refractivity contribution < 1.29 is 0 Å². The van der Waals surface area contributed by atoms with E-state index < -0.39 is 11.6 Å². The van der Waals surface area contributed by atoms with Crippen molar-refractivity contribution in [2.45, 2.75) is 11.6 Å². The van der Waals surface area contributed by atoms with Crippen LogP contribution in [-0.2, 0) is 11.6 Å². The van der Waals surface area contributed by atoms with Crippen LogP contribution < -0.4 is 11.5 Å². The lowest BCUT2D eigenvalue weighted by Crippen LogP contribution is -2.50. The Morgan fingerprint density at radius 1 is 0.348 bits per heavy atom. The SMILES string of the molecule is Nc1ccc(C(n2cccn2)(n2cccn2)n2cccn2)cc1.Nc1ccc(C(n2cccn2)(n2cccn2)n2cccn2)cc1. The molecule has 14 heteroatoms. The van der Waals surface area contributed by atoms with E-state index in [-0.39, 0.29) is 0 Å². The van der Waals surface area contributed by atoms with E-state index in [4.69, 9.17) is 11.5 Å². The van der Waals surface area contributed by atoms with Gasteiger partial charge in [0.2, 0.25) is 0 Å². The van der Waals surface area contributed by atoms with Gasteiger partial charge in [0.05, 0.1) is 0 Å². The molecule has 0 saturated heterocycles. The van der Waals surface area contributed by atoms with Crippen molar-refractivity contribution in [3.8, 4) is 0 Å². The Balaban J connectivity index is 0.000000147. The molecular formula is C32H30N14. The van der Waals surface area contributed by atoms with Gasteiger partial charge in [-0.2, -0.15) is 30.6 Å². The zero-order valence-corrected chi connectivity index (χ0v) is 24.5. The Morgan fingerprint density at radius 2 is 0.565 bits per heavy atom. The number of nitrogens with two attached hydrogens (primary N) is 2. The average Bonchev–Trinajstić information content (AvgIpc) is 3.94. The maximum absolute atomic E-state index is 5.86. The molecule has 228 valence electrons. The van der Waals surface area contributed by atoms with Crippen molar-refractivity contribution in [2.24, 2.45) is 0 Å². The van der Waals surface area contributed by atoms with Crippen LogP contribution in [-0.4, -0.2) is 58.7 Å². The normalized spacial score (nSPS) is 11.7. The lowest BCUT2D eigenvalue weighted by atomic mass is 10.1. The molecule has 46 heavy (non-hydrogen) atoms. The van der Waals surface area contributed by atoms with Gasteiger partial charge in [-0.1, -0.05) is 24.3 Å². The van der Waals surface area contributed by atoms with Crippen molar-refractivity contribution in [1.29, 1.82) is 0 Å². The molecule has 0 atom stereocenters. The van der Waals surface area contributed by atoms with E-state index in [0.29, 0.717) is 11.4 Å². The van der Waals surface area contributed by atoms with Crippen LogP contribution in [0.25, 0.3) is 0 Å². The molecule has 6 heterocycles. The van der Waals surface area contributed by atoms with E-state index in [2.05, 4.69) is 30.6 Å². The summed E-state index contributed by atoms with van der Waals surface area (Å²) in [5.41, 5.74) is 15.0. The molecule has 2 aromatic carbocycles. The topological polar surface area (TPSA) is 159 Å². The number of hydrogen-bond donors (Lipinski definition) is 2. The Kier molecular flexibility index (Phi) is 7.18. The Labute approximate surface area is 263 Å². The minimum atomic E-state index is -0.885. The molecule has 6 aromatic heterocycles. The molecule has 0 fully saturated rings. The van der Waals surface area contributed by atoms with Crippen LogP contribution in [0.2, 0.25) is 0 Å². The summed E-state index contributed by atoms with van der Waals surface area (Å²) in [4.78, 5) is 0. The second kappa shape index (κ2) is 11.8. The van der Waals surface area contributed by atoms with E-state index in [9.17, 15) is 0 Å². The predicted octanol–water partition coefficient (Wildman–Crippen LogP) is 3.23. The number of aromatic nitrogens is 12. The zero-order chi connectivity index (χ0) is 31.4. The minimum Gasteiger partial charge on any atom is -0.399 e. The van der Waals surface area contributed by atoms with Gasteiger partial charge < -0.3 is 11.5 Å². The van der Waals surface area contributed by atoms with Crippen LogP contribution >= 0.6 is 0 Å². The van der Waals surface area contributed by atoms with Gasteiger partial charge in [-0.15, -0.1) is 0 Å². The number of rotatable bonds is 8. The second-order valence-electron chi connectivity index (χ2n) is 10.2. The smallest absolute Gasteiger partial charge is 0.276 e. The third kappa shape index (κ3) is 4.61. The Hall–Kier alpha value is -6.70. The molecule has 0 aliphatic heterocycles.